The Morgan fingerprint density at radius 3 is 1.19 bits per heavy atom. The molecule has 258 valence electrons. The smallest absolute Gasteiger partial charge is 0.171 e. The third-order valence-electron chi connectivity index (χ3n) is 9.68. The molecule has 0 atom stereocenters. The highest BCUT2D eigenvalue weighted by Crippen LogP contribution is 2.11. The van der Waals surface area contributed by atoms with Crippen molar-refractivity contribution in [2.45, 2.75) is 154 Å². The lowest BCUT2D eigenvalue weighted by Gasteiger charge is -2.02. The highest BCUT2D eigenvalue weighted by Gasteiger charge is 2.05. The lowest BCUT2D eigenvalue weighted by molar-refractivity contribution is -0.697. The SMILES string of the molecule is C1=C/CCc2ccc[n+](c2)CCCCCC/C=C/CC[n+]2cccc(c2)CCCCCC/C=C/CC[n+]2cccc(c2)CCCCCC/1. The van der Waals surface area contributed by atoms with Crippen LogP contribution in [0.4, 0.5) is 0 Å². The number of hydrogen-bond donors (Lipinski definition) is 0. The second-order valence-corrected chi connectivity index (χ2v) is 14.0. The van der Waals surface area contributed by atoms with E-state index in [1.54, 1.807) is 0 Å². The normalized spacial score (nSPS) is 20.2. The van der Waals surface area contributed by atoms with Crippen LogP contribution >= 0.6 is 0 Å². The van der Waals surface area contributed by atoms with E-state index in [2.05, 4.69) is 124 Å². The molecule has 4 heterocycles. The van der Waals surface area contributed by atoms with Crippen molar-refractivity contribution >= 4 is 0 Å². The van der Waals surface area contributed by atoms with Crippen molar-refractivity contribution in [3.63, 3.8) is 0 Å². The van der Waals surface area contributed by atoms with Crippen molar-refractivity contribution in [3.05, 3.63) is 127 Å². The topological polar surface area (TPSA) is 11.6 Å². The molecule has 0 fully saturated rings. The molecule has 0 saturated heterocycles. The van der Waals surface area contributed by atoms with E-state index in [4.69, 9.17) is 0 Å². The number of fused-ring (bicyclic) bond motifs is 6. The monoisotopic (exact) mass is 649 g/mol. The molecule has 3 aromatic heterocycles. The molecule has 3 heteroatoms. The minimum absolute atomic E-state index is 1.08. The first-order valence-electron chi connectivity index (χ1n) is 19.7. The highest BCUT2D eigenvalue weighted by molar-refractivity contribution is 5.07. The maximum atomic E-state index is 2.41. The summed E-state index contributed by atoms with van der Waals surface area (Å²) in [6.45, 7) is 3.29. The van der Waals surface area contributed by atoms with Gasteiger partial charge in [0.15, 0.2) is 50.3 Å². The van der Waals surface area contributed by atoms with Crippen molar-refractivity contribution in [1.82, 2.24) is 0 Å². The Morgan fingerprint density at radius 1 is 0.312 bits per heavy atom. The summed E-state index contributed by atoms with van der Waals surface area (Å²) in [5, 5.41) is 0. The molecule has 3 nitrogen and oxygen atoms in total. The van der Waals surface area contributed by atoms with Gasteiger partial charge in [-0.3, -0.25) is 0 Å². The van der Waals surface area contributed by atoms with Gasteiger partial charge in [0.25, 0.3) is 0 Å². The molecule has 0 aliphatic carbocycles. The zero-order valence-electron chi connectivity index (χ0n) is 30.2. The Bertz CT molecular complexity index is 1190. The lowest BCUT2D eigenvalue weighted by Crippen LogP contribution is -2.33. The fourth-order valence-corrected chi connectivity index (χ4v) is 6.79. The Balaban J connectivity index is 1.20. The van der Waals surface area contributed by atoms with Gasteiger partial charge in [0.05, 0.1) is 0 Å². The van der Waals surface area contributed by atoms with Crippen molar-refractivity contribution in [2.75, 3.05) is 0 Å². The van der Waals surface area contributed by atoms with Crippen LogP contribution in [-0.4, -0.2) is 0 Å². The second-order valence-electron chi connectivity index (χ2n) is 14.0. The maximum absolute atomic E-state index is 2.41. The number of hydrogen-bond acceptors (Lipinski definition) is 0. The van der Waals surface area contributed by atoms with Gasteiger partial charge in [0.2, 0.25) is 0 Å². The number of pyridine rings is 3. The third kappa shape index (κ3) is 17.2. The second kappa shape index (κ2) is 24.8. The van der Waals surface area contributed by atoms with Gasteiger partial charge in [-0.15, -0.1) is 0 Å². The van der Waals surface area contributed by atoms with Crippen LogP contribution in [0.3, 0.4) is 0 Å². The minimum Gasteiger partial charge on any atom is -0.205 e. The van der Waals surface area contributed by atoms with Gasteiger partial charge in [-0.25, -0.2) is 13.7 Å². The molecule has 48 heavy (non-hydrogen) atoms. The quantitative estimate of drug-likeness (QED) is 0.170. The van der Waals surface area contributed by atoms with Crippen LogP contribution in [0.25, 0.3) is 0 Å². The molecule has 0 aromatic carbocycles. The molecule has 0 N–H and O–H groups in total. The fourth-order valence-electron chi connectivity index (χ4n) is 6.79. The zero-order chi connectivity index (χ0) is 33.2. The Kier molecular flexibility index (Phi) is 19.3. The molecule has 0 radical (unpaired) electrons. The zero-order valence-corrected chi connectivity index (χ0v) is 30.2. The summed E-state index contributed by atoms with van der Waals surface area (Å²) in [4.78, 5) is 0. The predicted molar refractivity (Wildman–Crippen MR) is 202 cm³/mol. The molecule has 0 spiro atoms. The van der Waals surface area contributed by atoms with Gasteiger partial charge in [-0.2, -0.15) is 0 Å². The van der Waals surface area contributed by atoms with E-state index in [0.29, 0.717) is 0 Å². The number of rotatable bonds is 0. The molecule has 1 aliphatic rings. The first-order chi connectivity index (χ1) is 23.8. The molecule has 0 saturated carbocycles. The molecule has 6 bridgehead atoms. The standard InChI is InChI=1S/C45H66N3/c1-2-8-14-20-29-44-32-26-38-47(41-44)35-23-17-11-5-6-12-18-24-36-48-39-27-33-45(42-48)30-21-15-9-3-4-10-16-22-34-46-37-25-31-43(40-46)28-19-13-7-1/h8,10,12,14,16,18,25-27,31-33,37-42H,1-7,9,11,13,15,17,19-24,28-30,34-36H2/q+3/b14-8+,16-10+,18-12+. The summed E-state index contributed by atoms with van der Waals surface area (Å²) in [7, 11) is 0. The van der Waals surface area contributed by atoms with Crippen molar-refractivity contribution in [2.24, 2.45) is 0 Å². The average molecular weight is 649 g/mol. The molecule has 1 aliphatic heterocycles. The molecular formula is C45H66N3+3. The van der Waals surface area contributed by atoms with E-state index in [1.165, 1.54) is 126 Å². The number of nitrogens with zero attached hydrogens (tertiary/aromatic N) is 3. The number of allylic oxidation sites excluding steroid dienone is 6. The Labute approximate surface area is 294 Å². The van der Waals surface area contributed by atoms with Crippen molar-refractivity contribution < 1.29 is 13.7 Å². The van der Waals surface area contributed by atoms with E-state index >= 15 is 0 Å². The molecule has 0 amide bonds. The average Bonchev–Trinajstić information content (AvgIpc) is 3.11. The fraction of sp³-hybridized carbons (Fsp3) is 0.533. The van der Waals surface area contributed by atoms with Crippen LogP contribution in [0.5, 0.6) is 0 Å². The van der Waals surface area contributed by atoms with E-state index in [1.807, 2.05) is 0 Å². The summed E-state index contributed by atoms with van der Waals surface area (Å²) in [5.41, 5.74) is 4.42. The molecule has 0 unspecified atom stereocenters. The molecule has 4 rings (SSSR count). The summed E-state index contributed by atoms with van der Waals surface area (Å²) in [6.07, 6.45) is 54.6. The molecular weight excluding hydrogens is 583 g/mol. The predicted octanol–water partition coefficient (Wildman–Crippen LogP) is 10.3. The number of aryl methyl sites for hydroxylation is 6. The maximum Gasteiger partial charge on any atom is 0.171 e. The largest absolute Gasteiger partial charge is 0.205 e. The lowest BCUT2D eigenvalue weighted by atomic mass is 10.1. The first kappa shape index (κ1) is 37.5. The summed E-state index contributed by atoms with van der Waals surface area (Å²) >= 11 is 0. The van der Waals surface area contributed by atoms with Gasteiger partial charge in [0.1, 0.15) is 6.54 Å². The van der Waals surface area contributed by atoms with E-state index in [9.17, 15) is 0 Å². The van der Waals surface area contributed by atoms with Crippen LogP contribution in [0.2, 0.25) is 0 Å². The van der Waals surface area contributed by atoms with Gasteiger partial charge in [-0.05, 0) is 102 Å². The van der Waals surface area contributed by atoms with Gasteiger partial charge in [-0.1, -0.05) is 68.6 Å². The van der Waals surface area contributed by atoms with Gasteiger partial charge >= 0.3 is 0 Å². The van der Waals surface area contributed by atoms with E-state index in [0.717, 1.165) is 45.3 Å². The summed E-state index contributed by atoms with van der Waals surface area (Å²) < 4.78 is 7.15. The summed E-state index contributed by atoms with van der Waals surface area (Å²) in [6, 6.07) is 13.6. The van der Waals surface area contributed by atoms with Crippen LogP contribution < -0.4 is 13.7 Å². The Hall–Kier alpha value is -3.33. The summed E-state index contributed by atoms with van der Waals surface area (Å²) in [5.74, 6) is 0. The van der Waals surface area contributed by atoms with E-state index < -0.39 is 0 Å². The third-order valence-corrected chi connectivity index (χ3v) is 9.68. The van der Waals surface area contributed by atoms with Gasteiger partial charge < -0.3 is 0 Å². The van der Waals surface area contributed by atoms with Crippen molar-refractivity contribution in [3.8, 4) is 0 Å². The van der Waals surface area contributed by atoms with Crippen molar-refractivity contribution in [1.29, 1.82) is 0 Å². The van der Waals surface area contributed by atoms with E-state index in [-0.39, 0.29) is 0 Å². The first-order valence-corrected chi connectivity index (χ1v) is 19.7. The van der Waals surface area contributed by atoms with Crippen LogP contribution in [0.1, 0.15) is 132 Å². The molecule has 3 aromatic rings. The van der Waals surface area contributed by atoms with Crippen LogP contribution in [0, 0.1) is 0 Å². The minimum atomic E-state index is 1.08. The number of aromatic nitrogens is 3. The highest BCUT2D eigenvalue weighted by atomic mass is 14.9. The van der Waals surface area contributed by atoms with Crippen LogP contribution in [-0.2, 0) is 38.9 Å². The Morgan fingerprint density at radius 2 is 0.688 bits per heavy atom. The van der Waals surface area contributed by atoms with Crippen LogP contribution in [0.15, 0.2) is 110 Å². The van der Waals surface area contributed by atoms with Gasteiger partial charge in [0, 0.05) is 54.2 Å².